The van der Waals surface area contributed by atoms with Gasteiger partial charge in [-0.05, 0) is 35.2 Å². The third kappa shape index (κ3) is 2.00. The summed E-state index contributed by atoms with van der Waals surface area (Å²) < 4.78 is 1.25. The van der Waals surface area contributed by atoms with Gasteiger partial charge < -0.3 is 11.5 Å². The van der Waals surface area contributed by atoms with E-state index in [0.717, 1.165) is 11.1 Å². The van der Waals surface area contributed by atoms with Crippen molar-refractivity contribution in [3.05, 3.63) is 41.8 Å². The lowest BCUT2D eigenvalue weighted by atomic mass is 10.0. The molecule has 0 spiro atoms. The Morgan fingerprint density at radius 3 is 2.56 bits per heavy atom. The monoisotopic (exact) mass is 277 g/mol. The van der Waals surface area contributed by atoms with Crippen molar-refractivity contribution >= 4 is 45.5 Å². The molecule has 2 aromatic heterocycles. The molecule has 0 aliphatic carbocycles. The van der Waals surface area contributed by atoms with Gasteiger partial charge in [-0.1, -0.05) is 12.1 Å². The van der Waals surface area contributed by atoms with Crippen LogP contribution >= 0.6 is 23.7 Å². The highest BCUT2D eigenvalue weighted by molar-refractivity contribution is 7.17. The molecule has 0 saturated carbocycles. The van der Waals surface area contributed by atoms with Crippen LogP contribution in [-0.2, 0) is 0 Å². The SMILES string of the molecule is Cl.Nc1ccc(-c2cccc3sccc23)c(N)n1. The molecule has 5 heteroatoms. The molecule has 0 bridgehead atoms. The van der Waals surface area contributed by atoms with Crippen molar-refractivity contribution in [2.45, 2.75) is 0 Å². The van der Waals surface area contributed by atoms with Crippen LogP contribution in [0.5, 0.6) is 0 Å². The predicted octanol–water partition coefficient (Wildman–Crippen LogP) is 3.55. The highest BCUT2D eigenvalue weighted by Gasteiger charge is 2.08. The summed E-state index contributed by atoms with van der Waals surface area (Å²) >= 11 is 1.72. The number of hydrogen-bond acceptors (Lipinski definition) is 4. The van der Waals surface area contributed by atoms with Gasteiger partial charge in [0.05, 0.1) is 0 Å². The fourth-order valence-electron chi connectivity index (χ4n) is 1.95. The summed E-state index contributed by atoms with van der Waals surface area (Å²) in [5.74, 6) is 0.924. The summed E-state index contributed by atoms with van der Waals surface area (Å²) in [5, 5.41) is 3.28. The van der Waals surface area contributed by atoms with E-state index in [-0.39, 0.29) is 12.4 Å². The molecule has 1 aromatic carbocycles. The minimum atomic E-state index is 0. The van der Waals surface area contributed by atoms with Crippen molar-refractivity contribution in [1.29, 1.82) is 0 Å². The molecule has 3 aromatic rings. The van der Waals surface area contributed by atoms with E-state index < -0.39 is 0 Å². The molecule has 92 valence electrons. The Balaban J connectivity index is 0.00000120. The quantitative estimate of drug-likeness (QED) is 0.715. The minimum absolute atomic E-state index is 0. The number of fused-ring (bicyclic) bond motifs is 1. The molecule has 0 aliphatic rings. The number of nitrogen functional groups attached to an aromatic ring is 2. The molecule has 0 unspecified atom stereocenters. The predicted molar refractivity (Wildman–Crippen MR) is 81.1 cm³/mol. The molecular weight excluding hydrogens is 266 g/mol. The Hall–Kier alpha value is -1.78. The highest BCUT2D eigenvalue weighted by atomic mass is 35.5. The number of halogens is 1. The smallest absolute Gasteiger partial charge is 0.133 e. The van der Waals surface area contributed by atoms with Crippen LogP contribution in [0.1, 0.15) is 0 Å². The molecule has 2 heterocycles. The van der Waals surface area contributed by atoms with Crippen LogP contribution < -0.4 is 11.5 Å². The molecule has 18 heavy (non-hydrogen) atoms. The Kier molecular flexibility index (Phi) is 3.41. The topological polar surface area (TPSA) is 64.9 Å². The fourth-order valence-corrected chi connectivity index (χ4v) is 2.76. The number of nitrogens with zero attached hydrogens (tertiary/aromatic N) is 1. The number of thiophene rings is 1. The van der Waals surface area contributed by atoms with E-state index in [0.29, 0.717) is 11.6 Å². The number of benzene rings is 1. The van der Waals surface area contributed by atoms with Crippen molar-refractivity contribution in [3.8, 4) is 11.1 Å². The van der Waals surface area contributed by atoms with Gasteiger partial charge in [0.2, 0.25) is 0 Å². The van der Waals surface area contributed by atoms with E-state index >= 15 is 0 Å². The maximum Gasteiger partial charge on any atom is 0.133 e. The first-order valence-electron chi connectivity index (χ1n) is 5.24. The zero-order valence-electron chi connectivity index (χ0n) is 9.46. The molecule has 4 N–H and O–H groups in total. The van der Waals surface area contributed by atoms with Crippen molar-refractivity contribution in [1.82, 2.24) is 4.98 Å². The number of pyridine rings is 1. The van der Waals surface area contributed by atoms with Crippen LogP contribution in [-0.4, -0.2) is 4.98 Å². The summed E-state index contributed by atoms with van der Waals surface area (Å²) in [4.78, 5) is 4.10. The standard InChI is InChI=1S/C13H11N3S.ClH/c14-12-5-4-10(13(15)16-12)8-2-1-3-11-9(8)6-7-17-11;/h1-7H,(H4,14,15,16);1H. The lowest BCUT2D eigenvalue weighted by Crippen LogP contribution is -1.98. The molecule has 0 atom stereocenters. The van der Waals surface area contributed by atoms with Crippen LogP contribution in [0.15, 0.2) is 41.8 Å². The molecular formula is C13H12ClN3S. The summed E-state index contributed by atoms with van der Waals surface area (Å²) in [6, 6.07) is 12.0. The van der Waals surface area contributed by atoms with Gasteiger partial charge in [-0.3, -0.25) is 0 Å². The minimum Gasteiger partial charge on any atom is -0.384 e. The number of rotatable bonds is 1. The zero-order chi connectivity index (χ0) is 11.8. The third-order valence-electron chi connectivity index (χ3n) is 2.73. The van der Waals surface area contributed by atoms with Crippen LogP contribution in [0.3, 0.4) is 0 Å². The largest absolute Gasteiger partial charge is 0.384 e. The molecule has 3 nitrogen and oxygen atoms in total. The summed E-state index contributed by atoms with van der Waals surface area (Å²) in [5.41, 5.74) is 13.6. The van der Waals surface area contributed by atoms with Crippen LogP contribution in [0.4, 0.5) is 11.6 Å². The van der Waals surface area contributed by atoms with Gasteiger partial charge in [-0.2, -0.15) is 0 Å². The van der Waals surface area contributed by atoms with Gasteiger partial charge in [0, 0.05) is 15.6 Å². The van der Waals surface area contributed by atoms with Gasteiger partial charge in [-0.25, -0.2) is 4.98 Å². The van der Waals surface area contributed by atoms with E-state index in [1.54, 1.807) is 17.4 Å². The Morgan fingerprint density at radius 1 is 0.944 bits per heavy atom. The average Bonchev–Trinajstić information content (AvgIpc) is 2.77. The fraction of sp³-hybridized carbons (Fsp3) is 0. The second-order valence-electron chi connectivity index (χ2n) is 3.81. The summed E-state index contributed by atoms with van der Waals surface area (Å²) in [7, 11) is 0. The zero-order valence-corrected chi connectivity index (χ0v) is 11.1. The first kappa shape index (κ1) is 12.7. The Morgan fingerprint density at radius 2 is 1.78 bits per heavy atom. The first-order valence-corrected chi connectivity index (χ1v) is 6.12. The van der Waals surface area contributed by atoms with Crippen LogP contribution in [0.25, 0.3) is 21.2 Å². The summed E-state index contributed by atoms with van der Waals surface area (Å²) in [6.07, 6.45) is 0. The van der Waals surface area contributed by atoms with Crippen molar-refractivity contribution < 1.29 is 0 Å². The lowest BCUT2D eigenvalue weighted by molar-refractivity contribution is 1.35. The number of aromatic nitrogens is 1. The van der Waals surface area contributed by atoms with Crippen molar-refractivity contribution in [3.63, 3.8) is 0 Å². The van der Waals surface area contributed by atoms with Gasteiger partial charge in [-0.15, -0.1) is 23.7 Å². The number of hydrogen-bond donors (Lipinski definition) is 2. The normalized spacial score (nSPS) is 10.2. The van der Waals surface area contributed by atoms with E-state index in [4.69, 9.17) is 11.5 Å². The second kappa shape index (κ2) is 4.84. The Bertz CT molecular complexity index is 694. The second-order valence-corrected chi connectivity index (χ2v) is 4.75. The van der Waals surface area contributed by atoms with E-state index in [1.165, 1.54) is 10.1 Å². The number of nitrogens with two attached hydrogens (primary N) is 2. The molecule has 0 amide bonds. The lowest BCUT2D eigenvalue weighted by Gasteiger charge is -2.07. The molecule has 0 aliphatic heterocycles. The average molecular weight is 278 g/mol. The summed E-state index contributed by atoms with van der Waals surface area (Å²) in [6.45, 7) is 0. The van der Waals surface area contributed by atoms with E-state index in [1.807, 2.05) is 12.1 Å². The maximum atomic E-state index is 5.93. The first-order chi connectivity index (χ1) is 8.25. The molecule has 0 fully saturated rings. The van der Waals surface area contributed by atoms with Gasteiger partial charge in [0.25, 0.3) is 0 Å². The maximum absolute atomic E-state index is 5.93. The van der Waals surface area contributed by atoms with Gasteiger partial charge in [0.1, 0.15) is 11.6 Å². The number of anilines is 2. The van der Waals surface area contributed by atoms with E-state index in [2.05, 4.69) is 28.6 Å². The van der Waals surface area contributed by atoms with Crippen molar-refractivity contribution in [2.24, 2.45) is 0 Å². The molecule has 0 saturated heterocycles. The highest BCUT2D eigenvalue weighted by Crippen LogP contribution is 2.34. The Labute approximate surface area is 115 Å². The molecule has 0 radical (unpaired) electrons. The van der Waals surface area contributed by atoms with E-state index in [9.17, 15) is 0 Å². The molecule has 3 rings (SSSR count). The van der Waals surface area contributed by atoms with Crippen LogP contribution in [0.2, 0.25) is 0 Å². The van der Waals surface area contributed by atoms with Crippen LogP contribution in [0, 0.1) is 0 Å². The van der Waals surface area contributed by atoms with Crippen molar-refractivity contribution in [2.75, 3.05) is 11.5 Å². The third-order valence-corrected chi connectivity index (χ3v) is 3.61. The van der Waals surface area contributed by atoms with Gasteiger partial charge >= 0.3 is 0 Å². The van der Waals surface area contributed by atoms with Gasteiger partial charge in [0.15, 0.2) is 0 Å².